The predicted octanol–water partition coefficient (Wildman–Crippen LogP) is 4.40. The van der Waals surface area contributed by atoms with Crippen molar-refractivity contribution >= 4 is 23.1 Å². The molecule has 1 aliphatic heterocycles. The second-order valence-electron chi connectivity index (χ2n) is 8.52. The fourth-order valence-electron chi connectivity index (χ4n) is 4.27. The number of amides is 1. The SMILES string of the molecule is O=C(CN1CCN(CCc2cccs2)CC1)Nc1cc(-c2ccccc2)nn1-c1ccccc1. The van der Waals surface area contributed by atoms with Crippen LogP contribution in [0.3, 0.4) is 0 Å². The Bertz CT molecular complexity index is 1180. The van der Waals surface area contributed by atoms with Crippen molar-refractivity contribution in [2.24, 2.45) is 0 Å². The van der Waals surface area contributed by atoms with Crippen LogP contribution in [0.1, 0.15) is 4.88 Å². The van der Waals surface area contributed by atoms with E-state index in [-0.39, 0.29) is 5.91 Å². The van der Waals surface area contributed by atoms with Crippen LogP contribution in [0.5, 0.6) is 0 Å². The van der Waals surface area contributed by atoms with Crippen molar-refractivity contribution in [2.45, 2.75) is 6.42 Å². The van der Waals surface area contributed by atoms with E-state index in [2.05, 4.69) is 32.6 Å². The largest absolute Gasteiger partial charge is 0.309 e. The molecule has 0 spiro atoms. The summed E-state index contributed by atoms with van der Waals surface area (Å²) in [6.07, 6.45) is 1.10. The second-order valence-corrected chi connectivity index (χ2v) is 9.56. The summed E-state index contributed by atoms with van der Waals surface area (Å²) in [6, 6.07) is 26.2. The number of benzene rings is 2. The van der Waals surface area contributed by atoms with Crippen LogP contribution < -0.4 is 5.32 Å². The van der Waals surface area contributed by atoms with E-state index >= 15 is 0 Å². The molecular weight excluding hydrogens is 442 g/mol. The number of piperazine rings is 1. The Morgan fingerprint density at radius 1 is 0.882 bits per heavy atom. The minimum absolute atomic E-state index is 0.0104. The molecule has 4 aromatic rings. The third kappa shape index (κ3) is 5.62. The number of aromatic nitrogens is 2. The molecule has 1 saturated heterocycles. The monoisotopic (exact) mass is 471 g/mol. The van der Waals surface area contributed by atoms with Gasteiger partial charge in [0.25, 0.3) is 0 Å². The topological polar surface area (TPSA) is 53.4 Å². The molecule has 1 amide bonds. The van der Waals surface area contributed by atoms with E-state index in [1.807, 2.05) is 82.7 Å². The van der Waals surface area contributed by atoms with Gasteiger partial charge in [0.15, 0.2) is 0 Å². The highest BCUT2D eigenvalue weighted by Gasteiger charge is 2.20. The molecule has 6 nitrogen and oxygen atoms in total. The fraction of sp³-hybridized carbons (Fsp3) is 0.259. The third-order valence-electron chi connectivity index (χ3n) is 6.13. The first-order valence-electron chi connectivity index (χ1n) is 11.7. The van der Waals surface area contributed by atoms with Crippen molar-refractivity contribution in [1.29, 1.82) is 0 Å². The molecule has 0 unspecified atom stereocenters. The zero-order chi connectivity index (χ0) is 23.2. The molecule has 1 aliphatic rings. The maximum absolute atomic E-state index is 13.0. The van der Waals surface area contributed by atoms with Gasteiger partial charge in [-0.25, -0.2) is 4.68 Å². The summed E-state index contributed by atoms with van der Waals surface area (Å²) in [5.41, 5.74) is 2.77. The number of nitrogens with zero attached hydrogens (tertiary/aromatic N) is 4. The van der Waals surface area contributed by atoms with E-state index in [4.69, 9.17) is 5.10 Å². The molecule has 0 bridgehead atoms. The summed E-state index contributed by atoms with van der Waals surface area (Å²) in [5, 5.41) is 10.0. The molecule has 0 atom stereocenters. The van der Waals surface area contributed by atoms with Crippen molar-refractivity contribution in [1.82, 2.24) is 19.6 Å². The molecule has 174 valence electrons. The van der Waals surface area contributed by atoms with Gasteiger partial charge in [-0.3, -0.25) is 9.69 Å². The molecule has 5 rings (SSSR count). The molecule has 0 aliphatic carbocycles. The van der Waals surface area contributed by atoms with Crippen molar-refractivity contribution in [3.05, 3.63) is 89.1 Å². The van der Waals surface area contributed by atoms with E-state index in [1.54, 1.807) is 0 Å². The maximum atomic E-state index is 13.0. The Labute approximate surface area is 204 Å². The summed E-state index contributed by atoms with van der Waals surface area (Å²) in [7, 11) is 0. The van der Waals surface area contributed by atoms with Gasteiger partial charge in [-0.05, 0) is 30.0 Å². The third-order valence-corrected chi connectivity index (χ3v) is 7.07. The molecule has 3 heterocycles. The maximum Gasteiger partial charge on any atom is 0.239 e. The number of nitrogens with one attached hydrogen (secondary N) is 1. The van der Waals surface area contributed by atoms with Crippen LogP contribution >= 0.6 is 11.3 Å². The Morgan fingerprint density at radius 3 is 2.29 bits per heavy atom. The average Bonchev–Trinajstić information content (AvgIpc) is 3.55. The van der Waals surface area contributed by atoms with E-state index in [9.17, 15) is 4.79 Å². The number of thiophene rings is 1. The Balaban J connectivity index is 1.21. The number of hydrogen-bond acceptors (Lipinski definition) is 5. The number of anilines is 1. The Hall–Kier alpha value is -3.26. The fourth-order valence-corrected chi connectivity index (χ4v) is 4.96. The number of para-hydroxylation sites is 1. The van der Waals surface area contributed by atoms with Crippen molar-refractivity contribution in [3.8, 4) is 16.9 Å². The van der Waals surface area contributed by atoms with Crippen LogP contribution in [-0.2, 0) is 11.2 Å². The number of carbonyl (C=O) groups is 1. The summed E-state index contributed by atoms with van der Waals surface area (Å²) in [4.78, 5) is 19.1. The van der Waals surface area contributed by atoms with Crippen LogP contribution in [0.15, 0.2) is 84.2 Å². The smallest absolute Gasteiger partial charge is 0.239 e. The number of rotatable bonds is 8. The highest BCUT2D eigenvalue weighted by Crippen LogP contribution is 2.24. The average molecular weight is 472 g/mol. The zero-order valence-electron chi connectivity index (χ0n) is 19.1. The zero-order valence-corrected chi connectivity index (χ0v) is 20.0. The van der Waals surface area contributed by atoms with Crippen LogP contribution in [0.2, 0.25) is 0 Å². The van der Waals surface area contributed by atoms with Gasteiger partial charge < -0.3 is 10.2 Å². The number of carbonyl (C=O) groups excluding carboxylic acids is 1. The lowest BCUT2D eigenvalue weighted by atomic mass is 10.1. The van der Waals surface area contributed by atoms with Gasteiger partial charge in [-0.1, -0.05) is 54.6 Å². The van der Waals surface area contributed by atoms with Gasteiger partial charge in [0, 0.05) is 49.2 Å². The van der Waals surface area contributed by atoms with Crippen molar-refractivity contribution in [3.63, 3.8) is 0 Å². The first-order chi connectivity index (χ1) is 16.7. The van der Waals surface area contributed by atoms with E-state index < -0.39 is 0 Å². The van der Waals surface area contributed by atoms with Gasteiger partial charge in [-0.15, -0.1) is 11.3 Å². The quantitative estimate of drug-likeness (QED) is 0.414. The lowest BCUT2D eigenvalue weighted by molar-refractivity contribution is -0.117. The lowest BCUT2D eigenvalue weighted by Gasteiger charge is -2.34. The van der Waals surface area contributed by atoms with Crippen molar-refractivity contribution in [2.75, 3.05) is 44.6 Å². The summed E-state index contributed by atoms with van der Waals surface area (Å²) in [5.74, 6) is 0.674. The molecule has 1 N–H and O–H groups in total. The van der Waals surface area contributed by atoms with E-state index in [0.717, 1.165) is 56.1 Å². The Kier molecular flexibility index (Phi) is 7.14. The van der Waals surface area contributed by atoms with E-state index in [0.29, 0.717) is 12.4 Å². The lowest BCUT2D eigenvalue weighted by Crippen LogP contribution is -2.49. The van der Waals surface area contributed by atoms with Gasteiger partial charge in [0.1, 0.15) is 5.82 Å². The van der Waals surface area contributed by atoms with Gasteiger partial charge in [-0.2, -0.15) is 5.10 Å². The molecule has 7 heteroatoms. The first kappa shape index (κ1) is 22.5. The van der Waals surface area contributed by atoms with Crippen LogP contribution in [0.25, 0.3) is 16.9 Å². The summed E-state index contributed by atoms with van der Waals surface area (Å²) >= 11 is 1.82. The van der Waals surface area contributed by atoms with E-state index in [1.165, 1.54) is 4.88 Å². The van der Waals surface area contributed by atoms with Gasteiger partial charge >= 0.3 is 0 Å². The standard InChI is InChI=1S/C27H29N5OS/c33-27(21-31-17-15-30(16-18-31)14-13-24-12-7-19-34-24)28-26-20-25(22-8-3-1-4-9-22)29-32(26)23-10-5-2-6-11-23/h1-12,19-20H,13-18,21H2,(H,28,33). The number of hydrogen-bond donors (Lipinski definition) is 1. The Morgan fingerprint density at radius 2 is 1.59 bits per heavy atom. The molecule has 0 radical (unpaired) electrons. The van der Waals surface area contributed by atoms with Gasteiger partial charge in [0.05, 0.1) is 17.9 Å². The predicted molar refractivity (Wildman–Crippen MR) is 139 cm³/mol. The molecule has 2 aromatic carbocycles. The minimum atomic E-state index is -0.0104. The molecule has 34 heavy (non-hydrogen) atoms. The molecular formula is C27H29N5OS. The van der Waals surface area contributed by atoms with Crippen molar-refractivity contribution < 1.29 is 4.79 Å². The van der Waals surface area contributed by atoms with Crippen LogP contribution in [0, 0.1) is 0 Å². The highest BCUT2D eigenvalue weighted by atomic mass is 32.1. The molecule has 0 saturated carbocycles. The molecule has 2 aromatic heterocycles. The van der Waals surface area contributed by atoms with Crippen LogP contribution in [-0.4, -0.2) is 64.8 Å². The minimum Gasteiger partial charge on any atom is -0.309 e. The van der Waals surface area contributed by atoms with Crippen LogP contribution in [0.4, 0.5) is 5.82 Å². The first-order valence-corrected chi connectivity index (χ1v) is 12.6. The van der Waals surface area contributed by atoms with Gasteiger partial charge in [0.2, 0.25) is 5.91 Å². The second kappa shape index (κ2) is 10.8. The molecule has 1 fully saturated rings. The summed E-state index contributed by atoms with van der Waals surface area (Å²) < 4.78 is 1.81. The summed E-state index contributed by atoms with van der Waals surface area (Å²) in [6.45, 7) is 5.28. The normalized spacial score (nSPS) is 14.8. The highest BCUT2D eigenvalue weighted by molar-refractivity contribution is 7.09.